The van der Waals surface area contributed by atoms with Crippen molar-refractivity contribution in [1.29, 1.82) is 0 Å². The summed E-state index contributed by atoms with van der Waals surface area (Å²) in [4.78, 5) is 21.9. The Labute approximate surface area is 160 Å². The first-order chi connectivity index (χ1) is 13.5. The van der Waals surface area contributed by atoms with Gasteiger partial charge in [-0.1, -0.05) is 54.6 Å². The molecule has 4 rings (SSSR count). The van der Waals surface area contributed by atoms with Crippen LogP contribution >= 0.6 is 0 Å². The predicted molar refractivity (Wildman–Crippen MR) is 109 cm³/mol. The fourth-order valence-electron chi connectivity index (χ4n) is 3.61. The van der Waals surface area contributed by atoms with Crippen LogP contribution < -0.4 is 5.43 Å². The van der Waals surface area contributed by atoms with Crippen LogP contribution in [-0.4, -0.2) is 27.9 Å². The number of rotatable bonds is 7. The van der Waals surface area contributed by atoms with Gasteiger partial charge >= 0.3 is 11.9 Å². The monoisotopic (exact) mass is 374 g/mol. The summed E-state index contributed by atoms with van der Waals surface area (Å²) in [7, 11) is 0. The van der Waals surface area contributed by atoms with Crippen LogP contribution in [0.1, 0.15) is 18.4 Å². The molecular weight excluding hydrogens is 356 g/mol. The van der Waals surface area contributed by atoms with Gasteiger partial charge in [-0.2, -0.15) is 5.10 Å². The maximum absolute atomic E-state index is 11.2. The van der Waals surface area contributed by atoms with E-state index in [9.17, 15) is 14.7 Å². The highest BCUT2D eigenvalue weighted by atomic mass is 16.4. The molecule has 0 aliphatic heterocycles. The van der Waals surface area contributed by atoms with E-state index in [1.165, 1.54) is 21.5 Å². The fraction of sp³-hybridized carbons (Fsp3) is 0.136. The van der Waals surface area contributed by atoms with Crippen molar-refractivity contribution >= 4 is 50.0 Å². The summed E-state index contributed by atoms with van der Waals surface area (Å²) in [5, 5.41) is 28.8. The van der Waals surface area contributed by atoms with Crippen LogP contribution in [0.4, 0.5) is 0 Å². The van der Waals surface area contributed by atoms with Crippen LogP contribution in [0.3, 0.4) is 0 Å². The van der Waals surface area contributed by atoms with E-state index in [0.29, 0.717) is 6.54 Å². The van der Waals surface area contributed by atoms with Crippen LogP contribution in [0, 0.1) is 0 Å². The van der Waals surface area contributed by atoms with Gasteiger partial charge in [0.25, 0.3) is 0 Å². The van der Waals surface area contributed by atoms with Crippen LogP contribution in [-0.2, 0) is 16.1 Å². The Morgan fingerprint density at radius 1 is 0.821 bits per heavy atom. The molecule has 0 saturated carbocycles. The zero-order valence-electron chi connectivity index (χ0n) is 15.0. The van der Waals surface area contributed by atoms with Crippen molar-refractivity contribution in [1.82, 2.24) is 5.43 Å². The maximum Gasteiger partial charge on any atom is 0.352 e. The van der Waals surface area contributed by atoms with Crippen molar-refractivity contribution in [2.45, 2.75) is 19.4 Å². The molecule has 0 atom stereocenters. The first kappa shape index (κ1) is 17.7. The van der Waals surface area contributed by atoms with Crippen molar-refractivity contribution in [3.63, 3.8) is 0 Å². The number of hydrazone groups is 1. The number of carboxylic acids is 2. The number of nitrogens with zero attached hydrogens (tertiary/aromatic N) is 1. The summed E-state index contributed by atoms with van der Waals surface area (Å²) >= 11 is 0. The minimum Gasteiger partial charge on any atom is -0.481 e. The summed E-state index contributed by atoms with van der Waals surface area (Å²) in [5.41, 5.74) is 3.60. The molecule has 0 fully saturated rings. The Balaban J connectivity index is 1.68. The molecule has 0 heterocycles. The molecule has 0 bridgehead atoms. The largest absolute Gasteiger partial charge is 0.481 e. The van der Waals surface area contributed by atoms with Gasteiger partial charge in [-0.3, -0.25) is 4.79 Å². The SMILES string of the molecule is O=C(O)CC/C(=N/NCc1ccc2ccc3cccc4ccc1c2c34)C(=O)O. The number of benzene rings is 4. The molecule has 4 aromatic rings. The van der Waals surface area contributed by atoms with Crippen LogP contribution in [0.2, 0.25) is 0 Å². The zero-order valence-corrected chi connectivity index (χ0v) is 15.0. The quantitative estimate of drug-likeness (QED) is 0.258. The van der Waals surface area contributed by atoms with Crippen LogP contribution in [0.15, 0.2) is 59.7 Å². The highest BCUT2D eigenvalue weighted by molar-refractivity contribution is 6.35. The number of aliphatic carboxylic acids is 2. The van der Waals surface area contributed by atoms with Gasteiger partial charge in [-0.15, -0.1) is 0 Å². The van der Waals surface area contributed by atoms with Gasteiger partial charge in [0.05, 0.1) is 13.0 Å². The number of hydrogen-bond acceptors (Lipinski definition) is 4. The van der Waals surface area contributed by atoms with Gasteiger partial charge in [-0.25, -0.2) is 4.79 Å². The topological polar surface area (TPSA) is 99.0 Å². The standard InChI is InChI=1S/C22H18N2O4/c25-19(26)11-10-18(22(27)28)24-23-12-16-7-6-15-5-4-13-2-1-3-14-8-9-17(16)21(15)20(13)14/h1-9,23H,10-12H2,(H,25,26)(H,27,28)/b24-18-. The Morgan fingerprint density at radius 3 is 2.14 bits per heavy atom. The van der Waals surface area contributed by atoms with Gasteiger partial charge < -0.3 is 15.6 Å². The molecule has 4 aromatic carbocycles. The fourth-order valence-corrected chi connectivity index (χ4v) is 3.61. The van der Waals surface area contributed by atoms with E-state index in [-0.39, 0.29) is 18.6 Å². The molecule has 140 valence electrons. The molecule has 0 spiro atoms. The van der Waals surface area contributed by atoms with E-state index in [1.807, 2.05) is 12.1 Å². The Kier molecular flexibility index (Phi) is 4.53. The van der Waals surface area contributed by atoms with Gasteiger partial charge in [0, 0.05) is 6.42 Å². The molecular formula is C22H18N2O4. The van der Waals surface area contributed by atoms with Crippen LogP contribution in [0.25, 0.3) is 32.3 Å². The molecule has 3 N–H and O–H groups in total. The second kappa shape index (κ2) is 7.15. The summed E-state index contributed by atoms with van der Waals surface area (Å²) in [6, 6.07) is 18.7. The van der Waals surface area contributed by atoms with E-state index in [0.717, 1.165) is 16.3 Å². The third-order valence-electron chi connectivity index (χ3n) is 4.93. The van der Waals surface area contributed by atoms with E-state index in [2.05, 4.69) is 53.0 Å². The van der Waals surface area contributed by atoms with Crippen molar-refractivity contribution in [2.75, 3.05) is 0 Å². The first-order valence-electron chi connectivity index (χ1n) is 8.94. The molecule has 0 saturated heterocycles. The molecule has 0 unspecified atom stereocenters. The Bertz CT molecular complexity index is 1210. The van der Waals surface area contributed by atoms with Gasteiger partial charge in [-0.05, 0) is 37.9 Å². The van der Waals surface area contributed by atoms with Gasteiger partial charge in [0.2, 0.25) is 0 Å². The molecule has 0 aliphatic rings. The number of carbonyl (C=O) groups is 2. The van der Waals surface area contributed by atoms with Crippen molar-refractivity contribution in [2.24, 2.45) is 5.10 Å². The third-order valence-corrected chi connectivity index (χ3v) is 4.93. The van der Waals surface area contributed by atoms with Crippen molar-refractivity contribution < 1.29 is 19.8 Å². The number of nitrogens with one attached hydrogen (secondary N) is 1. The highest BCUT2D eigenvalue weighted by Crippen LogP contribution is 2.35. The number of hydrogen-bond donors (Lipinski definition) is 3. The van der Waals surface area contributed by atoms with Crippen LogP contribution in [0.5, 0.6) is 0 Å². The van der Waals surface area contributed by atoms with E-state index >= 15 is 0 Å². The highest BCUT2D eigenvalue weighted by Gasteiger charge is 2.13. The second-order valence-corrected chi connectivity index (χ2v) is 6.67. The zero-order chi connectivity index (χ0) is 19.7. The molecule has 0 aromatic heterocycles. The second-order valence-electron chi connectivity index (χ2n) is 6.67. The normalized spacial score (nSPS) is 12.1. The minimum absolute atomic E-state index is 0.129. The van der Waals surface area contributed by atoms with Gasteiger partial charge in [0.15, 0.2) is 0 Å². The van der Waals surface area contributed by atoms with E-state index < -0.39 is 11.9 Å². The average molecular weight is 374 g/mol. The third kappa shape index (κ3) is 3.20. The smallest absolute Gasteiger partial charge is 0.352 e. The molecule has 0 aliphatic carbocycles. The molecule has 0 amide bonds. The summed E-state index contributed by atoms with van der Waals surface area (Å²) in [5.74, 6) is -2.27. The van der Waals surface area contributed by atoms with Crippen molar-refractivity contribution in [3.8, 4) is 0 Å². The molecule has 0 radical (unpaired) electrons. The summed E-state index contributed by atoms with van der Waals surface area (Å²) in [6.07, 6.45) is -0.401. The maximum atomic E-state index is 11.2. The molecule has 28 heavy (non-hydrogen) atoms. The van der Waals surface area contributed by atoms with E-state index in [1.54, 1.807) is 0 Å². The molecule has 6 nitrogen and oxygen atoms in total. The molecule has 6 heteroatoms. The number of carboxylic acid groups (broad SMARTS) is 2. The minimum atomic E-state index is -1.22. The first-order valence-corrected chi connectivity index (χ1v) is 8.94. The van der Waals surface area contributed by atoms with Crippen molar-refractivity contribution in [3.05, 3.63) is 60.2 Å². The lowest BCUT2D eigenvalue weighted by Crippen LogP contribution is -2.19. The average Bonchev–Trinajstić information content (AvgIpc) is 2.69. The van der Waals surface area contributed by atoms with Gasteiger partial charge in [0.1, 0.15) is 5.71 Å². The summed E-state index contributed by atoms with van der Waals surface area (Å²) in [6.45, 7) is 0.345. The van der Waals surface area contributed by atoms with E-state index in [4.69, 9.17) is 5.11 Å². The lowest BCUT2D eigenvalue weighted by molar-refractivity contribution is -0.136. The Hall–Kier alpha value is -3.67. The Morgan fingerprint density at radius 2 is 1.46 bits per heavy atom. The summed E-state index contributed by atoms with van der Waals surface area (Å²) < 4.78 is 0. The lowest BCUT2D eigenvalue weighted by atomic mass is 9.92. The predicted octanol–water partition coefficient (Wildman–Crippen LogP) is 3.98. The lowest BCUT2D eigenvalue weighted by Gasteiger charge is -2.14.